The maximum Gasteiger partial charge on any atom is 0.343 e. The molecule has 5 atom stereocenters. The lowest BCUT2D eigenvalue weighted by Gasteiger charge is -2.31. The third kappa shape index (κ3) is 17.5. The quantitative estimate of drug-likeness (QED) is 0.0244. The summed E-state index contributed by atoms with van der Waals surface area (Å²) in [6, 6.07) is 0.297. The van der Waals surface area contributed by atoms with Crippen molar-refractivity contribution in [2.45, 2.75) is 124 Å². The van der Waals surface area contributed by atoms with Gasteiger partial charge in [0.1, 0.15) is 24.5 Å². The van der Waals surface area contributed by atoms with Gasteiger partial charge in [0, 0.05) is 60.8 Å². The van der Waals surface area contributed by atoms with E-state index in [1.54, 1.807) is 40.7 Å². The number of halogens is 1. The molecule has 0 saturated carbocycles. The Morgan fingerprint density at radius 3 is 1.87 bits per heavy atom. The number of cyclic esters (lactones) is 1. The number of aliphatic hydroxyl groups is 1. The number of rotatable bonds is 38. The molecule has 1 saturated heterocycles. The van der Waals surface area contributed by atoms with E-state index in [0.29, 0.717) is 144 Å². The molecule has 4 aliphatic rings. The highest BCUT2D eigenvalue weighted by molar-refractivity contribution is 6.04. The topological polar surface area (TPSA) is 309 Å². The van der Waals surface area contributed by atoms with E-state index in [0.717, 1.165) is 5.56 Å². The van der Waals surface area contributed by atoms with Crippen LogP contribution < -0.4 is 26.8 Å². The first-order valence-corrected chi connectivity index (χ1v) is 30.2. The van der Waals surface area contributed by atoms with Crippen LogP contribution in [-0.4, -0.2) is 192 Å². The van der Waals surface area contributed by atoms with Gasteiger partial charge < -0.3 is 73.6 Å². The summed E-state index contributed by atoms with van der Waals surface area (Å²) < 4.78 is 66.3. The molecule has 480 valence electrons. The van der Waals surface area contributed by atoms with Crippen LogP contribution in [0.3, 0.4) is 0 Å². The average molecular weight is 1220 g/mol. The molecular formula is C61H86FN7O18. The number of pyridine rings is 2. The SMILES string of the molecule is CC[C@@]1(O)C(=O)OCc2c1cc1n(c2=O)Cc2c-1nc1cc(F)c(C)c3c1c2[C@@H](NC(=O)[C@H](C)NC(=O)[C@H](NC(=O)CCOCCOCCOCCOCCOCCOCCOCCOCCNC(=O)CCN1C(=O)CC(C(C)C)C1=O)C(C)C)CC3. The highest BCUT2D eigenvalue weighted by atomic mass is 19.1. The molecule has 6 amide bonds. The molecule has 3 aliphatic heterocycles. The Hall–Kier alpha value is -6.36. The molecule has 0 radical (unpaired) electrons. The normalized spacial score (nSPS) is 18.4. The van der Waals surface area contributed by atoms with Gasteiger partial charge in [0.05, 0.1) is 141 Å². The Labute approximate surface area is 505 Å². The van der Waals surface area contributed by atoms with E-state index < -0.39 is 58.8 Å². The molecule has 5 heterocycles. The molecule has 1 unspecified atom stereocenters. The second kappa shape index (κ2) is 32.7. The van der Waals surface area contributed by atoms with Gasteiger partial charge in [-0.15, -0.1) is 0 Å². The molecule has 25 nitrogen and oxygen atoms in total. The predicted molar refractivity (Wildman–Crippen MR) is 311 cm³/mol. The molecule has 0 bridgehead atoms. The van der Waals surface area contributed by atoms with Crippen molar-refractivity contribution in [1.82, 2.24) is 35.7 Å². The summed E-state index contributed by atoms with van der Waals surface area (Å²) in [5.41, 5.74) is 1.36. The smallest absolute Gasteiger partial charge is 0.343 e. The minimum Gasteiger partial charge on any atom is -0.458 e. The lowest BCUT2D eigenvalue weighted by Crippen LogP contribution is -2.55. The number of aryl methyl sites for hydroxylation is 1. The van der Waals surface area contributed by atoms with E-state index in [1.165, 1.54) is 15.5 Å². The van der Waals surface area contributed by atoms with Crippen LogP contribution in [0.4, 0.5) is 4.39 Å². The van der Waals surface area contributed by atoms with Gasteiger partial charge in [-0.05, 0) is 67.7 Å². The molecule has 1 fully saturated rings. The zero-order valence-electron chi connectivity index (χ0n) is 51.1. The van der Waals surface area contributed by atoms with Crippen LogP contribution in [-0.2, 0) is 101 Å². The number of hydrogen-bond acceptors (Lipinski definition) is 19. The molecule has 0 spiro atoms. The van der Waals surface area contributed by atoms with Crippen molar-refractivity contribution in [3.8, 4) is 11.4 Å². The summed E-state index contributed by atoms with van der Waals surface area (Å²) in [6.07, 6.45) is 1.01. The fraction of sp³-hybridized carbons (Fsp3) is 0.656. The number of imide groups is 1. The van der Waals surface area contributed by atoms with Crippen LogP contribution in [0.5, 0.6) is 0 Å². The number of nitrogens with zero attached hydrogens (tertiary/aromatic N) is 3. The maximum absolute atomic E-state index is 15.5. The average Bonchev–Trinajstić information content (AvgIpc) is 1.67. The highest BCUT2D eigenvalue weighted by Crippen LogP contribution is 2.46. The Kier molecular flexibility index (Phi) is 25.6. The Bertz CT molecular complexity index is 2990. The molecule has 26 heteroatoms. The number of hydrogen-bond donors (Lipinski definition) is 5. The van der Waals surface area contributed by atoms with Crippen LogP contribution in [0.15, 0.2) is 16.9 Å². The van der Waals surface area contributed by atoms with Crippen LogP contribution in [0.2, 0.25) is 0 Å². The van der Waals surface area contributed by atoms with Gasteiger partial charge in [-0.3, -0.25) is 38.5 Å². The largest absolute Gasteiger partial charge is 0.458 e. The summed E-state index contributed by atoms with van der Waals surface area (Å²) in [7, 11) is 0. The zero-order chi connectivity index (χ0) is 62.8. The van der Waals surface area contributed by atoms with Gasteiger partial charge in [-0.25, -0.2) is 14.2 Å². The maximum atomic E-state index is 15.5. The molecular weight excluding hydrogens is 1140 g/mol. The number of fused-ring (bicyclic) bond motifs is 5. The molecule has 7 rings (SSSR count). The summed E-state index contributed by atoms with van der Waals surface area (Å²) >= 11 is 0. The third-order valence-electron chi connectivity index (χ3n) is 16.0. The number of nitrogens with one attached hydrogen (secondary N) is 4. The first-order chi connectivity index (χ1) is 41.8. The number of carbonyl (C=O) groups is 7. The number of benzene rings is 1. The monoisotopic (exact) mass is 1220 g/mol. The van der Waals surface area contributed by atoms with Crippen LogP contribution >= 0.6 is 0 Å². The van der Waals surface area contributed by atoms with Gasteiger partial charge in [-0.2, -0.15) is 0 Å². The van der Waals surface area contributed by atoms with Crippen molar-refractivity contribution >= 4 is 52.3 Å². The summed E-state index contributed by atoms with van der Waals surface area (Å²) in [4.78, 5) is 110. The first-order valence-electron chi connectivity index (χ1n) is 30.2. The molecule has 3 aromatic rings. The van der Waals surface area contributed by atoms with Crippen molar-refractivity contribution in [2.24, 2.45) is 17.8 Å². The minimum atomic E-state index is -2.04. The van der Waals surface area contributed by atoms with E-state index in [9.17, 15) is 43.5 Å². The highest BCUT2D eigenvalue weighted by Gasteiger charge is 2.46. The first kappa shape index (κ1) is 68.1. The lowest BCUT2D eigenvalue weighted by atomic mass is 9.81. The third-order valence-corrected chi connectivity index (χ3v) is 16.0. The standard InChI is InChI=1S/C61H86FN7O18/c1-8-61(78)44-32-48-55-42(34-69(48)59(76)43(44)35-87-60(61)77)53-46(10-9-40-38(6)45(62)33-47(65-55)52(40)53)66-56(73)39(7)64-57(74)54(37(4)5)67-50(71)12-15-79-17-19-81-21-23-83-25-27-85-29-30-86-28-26-84-24-22-82-20-18-80-16-13-63-49(70)11-14-68-51(72)31-41(36(2)3)58(68)75/h32-33,36-37,39,41,46,54,78H,8-31,34-35H2,1-7H3,(H,63,70)(H,64,74)(H,66,73)(H,67,71)/t39-,41?,46-,54+,61-/m0/s1. The van der Waals surface area contributed by atoms with Crippen molar-refractivity contribution in [2.75, 3.05) is 119 Å². The number of aromatic nitrogens is 2. The van der Waals surface area contributed by atoms with Crippen LogP contribution in [0.25, 0.3) is 22.3 Å². The fourth-order valence-corrected chi connectivity index (χ4v) is 11.0. The fourth-order valence-electron chi connectivity index (χ4n) is 11.0. The second-order valence-corrected chi connectivity index (χ2v) is 22.6. The molecule has 2 aromatic heterocycles. The van der Waals surface area contributed by atoms with Gasteiger partial charge >= 0.3 is 5.97 Å². The minimum absolute atomic E-state index is 0.0180. The molecule has 1 aliphatic carbocycles. The summed E-state index contributed by atoms with van der Waals surface area (Å²) in [5, 5.41) is 23.4. The number of ether oxygens (including phenoxy) is 9. The lowest BCUT2D eigenvalue weighted by molar-refractivity contribution is -0.172. The number of esters is 1. The van der Waals surface area contributed by atoms with E-state index in [1.807, 2.05) is 13.8 Å². The van der Waals surface area contributed by atoms with E-state index in [-0.39, 0.29) is 112 Å². The molecule has 5 N–H and O–H groups in total. The summed E-state index contributed by atoms with van der Waals surface area (Å²) in [5.74, 6) is -4.00. The van der Waals surface area contributed by atoms with Crippen molar-refractivity contribution in [3.05, 3.63) is 61.7 Å². The molecule has 87 heavy (non-hydrogen) atoms. The number of carbonyl (C=O) groups excluding carboxylic acids is 7. The van der Waals surface area contributed by atoms with E-state index in [2.05, 4.69) is 21.3 Å². The predicted octanol–water partition coefficient (Wildman–Crippen LogP) is 2.34. The van der Waals surface area contributed by atoms with Gasteiger partial charge in [-0.1, -0.05) is 34.6 Å². The summed E-state index contributed by atoms with van der Waals surface area (Å²) in [6.45, 7) is 17.9. The zero-order valence-corrected chi connectivity index (χ0v) is 51.1. The Morgan fingerprint density at radius 2 is 1.32 bits per heavy atom. The van der Waals surface area contributed by atoms with E-state index >= 15 is 4.39 Å². The van der Waals surface area contributed by atoms with Gasteiger partial charge in [0.2, 0.25) is 35.4 Å². The van der Waals surface area contributed by atoms with Crippen LogP contribution in [0, 0.1) is 30.5 Å². The van der Waals surface area contributed by atoms with Gasteiger partial charge in [0.25, 0.3) is 5.56 Å². The number of amides is 6. The second-order valence-electron chi connectivity index (χ2n) is 22.6. The van der Waals surface area contributed by atoms with Crippen LogP contribution in [0.1, 0.15) is 113 Å². The van der Waals surface area contributed by atoms with Crippen molar-refractivity contribution < 1.29 is 85.7 Å². The van der Waals surface area contributed by atoms with Crippen molar-refractivity contribution in [3.63, 3.8) is 0 Å². The molecule has 1 aromatic carbocycles. The van der Waals surface area contributed by atoms with E-state index in [4.69, 9.17) is 47.6 Å². The Morgan fingerprint density at radius 1 is 0.747 bits per heavy atom. The van der Waals surface area contributed by atoms with Gasteiger partial charge in [0.15, 0.2) is 5.60 Å². The Balaban J connectivity index is 0.687. The number of likely N-dealkylation sites (tertiary alicyclic amines) is 1. The van der Waals surface area contributed by atoms with Crippen molar-refractivity contribution in [1.29, 1.82) is 0 Å².